The molecule has 0 spiro atoms. The molecule has 1 atom stereocenters. The summed E-state index contributed by atoms with van der Waals surface area (Å²) in [4.78, 5) is 11.0. The summed E-state index contributed by atoms with van der Waals surface area (Å²) >= 11 is 3.26. The molecule has 1 aliphatic rings. The van der Waals surface area contributed by atoms with E-state index in [1.807, 2.05) is 0 Å². The Balaban J connectivity index is 2.07. The molecule has 0 radical (unpaired) electrons. The smallest absolute Gasteiger partial charge is 0.416 e. The van der Waals surface area contributed by atoms with E-state index in [0.29, 0.717) is 10.5 Å². The van der Waals surface area contributed by atoms with Crippen LogP contribution in [-0.2, 0) is 21.0 Å². The first-order valence-corrected chi connectivity index (χ1v) is 11.3. The van der Waals surface area contributed by atoms with Gasteiger partial charge in [0.05, 0.1) is 28.1 Å². The number of carboxylic acid groups (broad SMARTS) is 1. The van der Waals surface area contributed by atoms with Gasteiger partial charge in [0.25, 0.3) is 10.0 Å². The fourth-order valence-electron chi connectivity index (χ4n) is 3.24. The van der Waals surface area contributed by atoms with Gasteiger partial charge in [0.1, 0.15) is 11.9 Å². The van der Waals surface area contributed by atoms with Gasteiger partial charge in [-0.1, -0.05) is 22.0 Å². The van der Waals surface area contributed by atoms with Gasteiger partial charge in [-0.05, 0) is 50.2 Å². The van der Waals surface area contributed by atoms with E-state index in [1.165, 1.54) is 26.0 Å². The zero-order valence-corrected chi connectivity index (χ0v) is 18.9. The lowest BCUT2D eigenvalue weighted by atomic mass is 9.86. The Bertz CT molecular complexity index is 1120. The Morgan fingerprint density at radius 1 is 1.23 bits per heavy atom. The number of hydrogen-bond acceptors (Lipinski definition) is 4. The Hall–Kier alpha value is -2.27. The summed E-state index contributed by atoms with van der Waals surface area (Å²) in [5.41, 5.74) is -2.14. The molecule has 0 amide bonds. The topological polar surface area (TPSA) is 83.9 Å². The fraction of sp³-hybridized carbons (Fsp3) is 0.350. The first-order chi connectivity index (χ1) is 14.2. The summed E-state index contributed by atoms with van der Waals surface area (Å²) in [6.45, 7) is 2.72. The van der Waals surface area contributed by atoms with E-state index in [0.717, 1.165) is 22.5 Å². The van der Waals surface area contributed by atoms with Gasteiger partial charge in [-0.15, -0.1) is 0 Å². The third-order valence-electron chi connectivity index (χ3n) is 4.92. The minimum atomic E-state index is -4.70. The summed E-state index contributed by atoms with van der Waals surface area (Å²) in [5.74, 6) is -0.888. The molecule has 0 saturated heterocycles. The van der Waals surface area contributed by atoms with Crippen LogP contribution in [0.15, 0.2) is 51.8 Å². The summed E-state index contributed by atoms with van der Waals surface area (Å²) in [7, 11) is -4.40. The number of ether oxygens (including phenoxy) is 1. The molecule has 0 fully saturated rings. The van der Waals surface area contributed by atoms with Crippen molar-refractivity contribution in [3.05, 3.63) is 52.5 Å². The molecule has 1 N–H and O–H groups in total. The predicted octanol–water partition coefficient (Wildman–Crippen LogP) is 4.93. The Morgan fingerprint density at radius 2 is 1.90 bits per heavy atom. The Morgan fingerprint density at radius 3 is 2.52 bits per heavy atom. The lowest BCUT2D eigenvalue weighted by Crippen LogP contribution is -2.46. The van der Waals surface area contributed by atoms with Gasteiger partial charge in [-0.25, -0.2) is 8.42 Å². The normalized spacial score (nSPS) is 17.1. The number of carbonyl (C=O) groups is 1. The maximum Gasteiger partial charge on any atom is 0.416 e. The van der Waals surface area contributed by atoms with Crippen molar-refractivity contribution in [3.8, 4) is 5.75 Å². The maximum absolute atomic E-state index is 13.4. The zero-order valence-electron chi connectivity index (χ0n) is 16.5. The van der Waals surface area contributed by atoms with E-state index >= 15 is 0 Å². The number of anilines is 1. The van der Waals surface area contributed by atoms with E-state index in [9.17, 15) is 31.5 Å². The van der Waals surface area contributed by atoms with Crippen LogP contribution in [-0.4, -0.2) is 32.1 Å². The van der Waals surface area contributed by atoms with E-state index in [-0.39, 0.29) is 24.4 Å². The molecule has 0 saturated carbocycles. The second-order valence-corrected chi connectivity index (χ2v) is 10.6. The van der Waals surface area contributed by atoms with E-state index in [4.69, 9.17) is 4.74 Å². The molecule has 0 bridgehead atoms. The predicted molar refractivity (Wildman–Crippen MR) is 111 cm³/mol. The number of rotatable bonds is 5. The molecule has 0 aliphatic carbocycles. The van der Waals surface area contributed by atoms with Crippen LogP contribution in [0.1, 0.15) is 25.8 Å². The number of halogens is 4. The summed E-state index contributed by atoms with van der Waals surface area (Å²) in [6, 6.07) is 8.13. The number of hydrogen-bond donors (Lipinski definition) is 1. The highest BCUT2D eigenvalue weighted by Gasteiger charge is 2.40. The highest BCUT2D eigenvalue weighted by atomic mass is 79.9. The number of benzene rings is 2. The van der Waals surface area contributed by atoms with Crippen molar-refractivity contribution >= 4 is 37.6 Å². The molecule has 2 aromatic carbocycles. The molecule has 1 heterocycles. The van der Waals surface area contributed by atoms with Crippen molar-refractivity contribution < 1.29 is 36.2 Å². The highest BCUT2D eigenvalue weighted by Crippen LogP contribution is 2.41. The van der Waals surface area contributed by atoms with Gasteiger partial charge in [0, 0.05) is 10.9 Å². The monoisotopic (exact) mass is 521 g/mol. The van der Waals surface area contributed by atoms with Crippen LogP contribution in [0.4, 0.5) is 18.9 Å². The van der Waals surface area contributed by atoms with E-state index < -0.39 is 44.1 Å². The van der Waals surface area contributed by atoms with E-state index in [2.05, 4.69) is 15.9 Å². The molecule has 2 aromatic rings. The van der Waals surface area contributed by atoms with Gasteiger partial charge >= 0.3 is 12.1 Å². The van der Waals surface area contributed by atoms with Gasteiger partial charge < -0.3 is 9.84 Å². The van der Waals surface area contributed by atoms with Crippen LogP contribution >= 0.6 is 15.9 Å². The summed E-state index contributed by atoms with van der Waals surface area (Å²) in [5, 5.41) is 9.41. The molecule has 0 unspecified atom stereocenters. The van der Waals surface area contributed by atoms with Crippen molar-refractivity contribution in [1.82, 2.24) is 0 Å². The second kappa shape index (κ2) is 8.01. The summed E-state index contributed by atoms with van der Waals surface area (Å²) < 4.78 is 73.4. The molecule has 6 nitrogen and oxygen atoms in total. The van der Waals surface area contributed by atoms with Gasteiger partial charge in [0.15, 0.2) is 0 Å². The summed E-state index contributed by atoms with van der Waals surface area (Å²) in [6.07, 6.45) is -5.53. The lowest BCUT2D eigenvalue weighted by Gasteiger charge is -2.37. The molecule has 1 aliphatic heterocycles. The van der Waals surface area contributed by atoms with Crippen molar-refractivity contribution in [3.63, 3.8) is 0 Å². The molecule has 11 heteroatoms. The molecule has 0 aromatic heterocycles. The van der Waals surface area contributed by atoms with Crippen LogP contribution in [0.5, 0.6) is 5.75 Å². The highest BCUT2D eigenvalue weighted by molar-refractivity contribution is 9.10. The van der Waals surface area contributed by atoms with Crippen LogP contribution in [0.25, 0.3) is 0 Å². The Labute approximate surface area is 185 Å². The second-order valence-electron chi connectivity index (χ2n) is 7.81. The number of sulfonamides is 1. The number of nitrogens with zero attached hydrogens (tertiary/aromatic N) is 1. The molecule has 31 heavy (non-hydrogen) atoms. The number of aliphatic carboxylic acids is 1. The standard InChI is InChI=1S/C20H19BrF3NO5S/c1-19(2,18(26)27)10-14-11-25(16-9-13(21)6-7-17(16)30-14)31(28,29)15-5-3-4-12(8-15)20(22,23)24/h3-9,14H,10-11H2,1-2H3,(H,26,27)/t14-/m1/s1. The number of carboxylic acids is 1. The van der Waals surface area contributed by atoms with Crippen molar-refractivity contribution in [2.45, 2.75) is 37.4 Å². The van der Waals surface area contributed by atoms with Crippen molar-refractivity contribution in [1.29, 1.82) is 0 Å². The van der Waals surface area contributed by atoms with Crippen LogP contribution in [0.2, 0.25) is 0 Å². The van der Waals surface area contributed by atoms with Gasteiger partial charge in [-0.3, -0.25) is 9.10 Å². The minimum Gasteiger partial charge on any atom is -0.486 e. The average Bonchev–Trinajstić information content (AvgIpc) is 2.66. The van der Waals surface area contributed by atoms with Crippen molar-refractivity contribution in [2.75, 3.05) is 10.8 Å². The maximum atomic E-state index is 13.4. The third-order valence-corrected chi connectivity index (χ3v) is 7.19. The first kappa shape index (κ1) is 23.4. The quantitative estimate of drug-likeness (QED) is 0.603. The first-order valence-electron chi connectivity index (χ1n) is 9.11. The minimum absolute atomic E-state index is 0.00749. The number of fused-ring (bicyclic) bond motifs is 1. The number of alkyl halides is 3. The van der Waals surface area contributed by atoms with Crippen LogP contribution in [0.3, 0.4) is 0 Å². The fourth-order valence-corrected chi connectivity index (χ4v) is 5.13. The third kappa shape index (κ3) is 4.82. The van der Waals surface area contributed by atoms with Gasteiger partial charge in [-0.2, -0.15) is 13.2 Å². The largest absolute Gasteiger partial charge is 0.486 e. The lowest BCUT2D eigenvalue weighted by molar-refractivity contribution is -0.148. The van der Waals surface area contributed by atoms with Crippen LogP contribution in [0, 0.1) is 5.41 Å². The SMILES string of the molecule is CC(C)(C[C@@H]1CN(S(=O)(=O)c2cccc(C(F)(F)F)c2)c2cc(Br)ccc2O1)C(=O)O. The Kier molecular flexibility index (Phi) is 6.05. The average molecular weight is 522 g/mol. The van der Waals surface area contributed by atoms with E-state index in [1.54, 1.807) is 6.07 Å². The zero-order chi connectivity index (χ0) is 23.2. The molecular formula is C20H19BrF3NO5S. The van der Waals surface area contributed by atoms with Crippen molar-refractivity contribution in [2.24, 2.45) is 5.41 Å². The molecular weight excluding hydrogens is 503 g/mol. The van der Waals surface area contributed by atoms with Gasteiger partial charge in [0.2, 0.25) is 0 Å². The van der Waals surface area contributed by atoms with Crippen LogP contribution < -0.4 is 9.04 Å². The molecule has 3 rings (SSSR count). The molecule has 168 valence electrons.